The van der Waals surface area contributed by atoms with Crippen molar-refractivity contribution in [2.75, 3.05) is 27.3 Å². The first kappa shape index (κ1) is 14.3. The number of amides is 1. The van der Waals surface area contributed by atoms with Gasteiger partial charge in [-0.25, -0.2) is 0 Å². The number of rotatable bonds is 3. The molecule has 0 unspecified atom stereocenters. The molecule has 2 rings (SSSR count). The van der Waals surface area contributed by atoms with E-state index in [1.165, 1.54) is 0 Å². The van der Waals surface area contributed by atoms with Crippen molar-refractivity contribution in [2.45, 2.75) is 18.9 Å². The fraction of sp³-hybridized carbons (Fsp3) is 0.500. The summed E-state index contributed by atoms with van der Waals surface area (Å²) in [6.45, 7) is 1.50. The predicted octanol–water partition coefficient (Wildman–Crippen LogP) is 2.71. The quantitative estimate of drug-likeness (QED) is 0.856. The number of hydrogen-bond donors (Lipinski definition) is 0. The summed E-state index contributed by atoms with van der Waals surface area (Å²) in [5.41, 5.74) is 0.684. The van der Waals surface area contributed by atoms with Gasteiger partial charge >= 0.3 is 0 Å². The number of nitrogens with zero attached hydrogens (tertiary/aromatic N) is 1. The first-order valence-electron chi connectivity index (χ1n) is 6.31. The van der Waals surface area contributed by atoms with E-state index in [0.717, 1.165) is 36.2 Å². The second-order valence-electron chi connectivity index (χ2n) is 4.58. The van der Waals surface area contributed by atoms with E-state index in [-0.39, 0.29) is 12.0 Å². The highest BCUT2D eigenvalue weighted by Crippen LogP contribution is 2.26. The smallest absolute Gasteiger partial charge is 0.253 e. The lowest BCUT2D eigenvalue weighted by Crippen LogP contribution is -2.40. The predicted molar refractivity (Wildman–Crippen MR) is 76.6 cm³/mol. The summed E-state index contributed by atoms with van der Waals surface area (Å²) in [4.78, 5) is 14.2. The minimum atomic E-state index is 0.0675. The zero-order valence-corrected chi connectivity index (χ0v) is 12.8. The van der Waals surface area contributed by atoms with Crippen molar-refractivity contribution in [1.29, 1.82) is 0 Å². The molecule has 1 fully saturated rings. The third kappa shape index (κ3) is 3.28. The van der Waals surface area contributed by atoms with Gasteiger partial charge < -0.3 is 14.4 Å². The third-order valence-corrected chi connectivity index (χ3v) is 4.08. The van der Waals surface area contributed by atoms with Gasteiger partial charge in [-0.3, -0.25) is 4.79 Å². The van der Waals surface area contributed by atoms with E-state index in [4.69, 9.17) is 9.47 Å². The molecule has 4 nitrogen and oxygen atoms in total. The summed E-state index contributed by atoms with van der Waals surface area (Å²) in [6, 6.07) is 5.41. The van der Waals surface area contributed by atoms with Gasteiger partial charge in [0.15, 0.2) is 0 Å². The molecule has 104 valence electrons. The average molecular weight is 328 g/mol. The molecule has 1 saturated heterocycles. The second-order valence-corrected chi connectivity index (χ2v) is 5.43. The Hall–Kier alpha value is -1.07. The van der Waals surface area contributed by atoms with Crippen LogP contribution in [0, 0.1) is 0 Å². The SMILES string of the molecule is COc1ccc(C(=O)N2CCC(OC)CC2)cc1Br. The highest BCUT2D eigenvalue weighted by atomic mass is 79.9. The molecule has 1 aliphatic rings. The summed E-state index contributed by atoms with van der Waals surface area (Å²) in [5.74, 6) is 0.799. The first-order valence-corrected chi connectivity index (χ1v) is 7.10. The Morgan fingerprint density at radius 3 is 2.53 bits per heavy atom. The monoisotopic (exact) mass is 327 g/mol. The molecule has 1 amide bonds. The van der Waals surface area contributed by atoms with Gasteiger partial charge in [-0.05, 0) is 47.0 Å². The van der Waals surface area contributed by atoms with Crippen LogP contribution in [0.25, 0.3) is 0 Å². The average Bonchev–Trinajstić information content (AvgIpc) is 2.46. The highest BCUT2D eigenvalue weighted by Gasteiger charge is 2.23. The van der Waals surface area contributed by atoms with Crippen LogP contribution in [-0.4, -0.2) is 44.2 Å². The van der Waals surface area contributed by atoms with Gasteiger partial charge in [0.2, 0.25) is 0 Å². The van der Waals surface area contributed by atoms with Crippen LogP contribution in [0.1, 0.15) is 23.2 Å². The summed E-state index contributed by atoms with van der Waals surface area (Å²) >= 11 is 3.40. The maximum Gasteiger partial charge on any atom is 0.253 e. The Kier molecular flexibility index (Phi) is 4.82. The Morgan fingerprint density at radius 2 is 2.00 bits per heavy atom. The van der Waals surface area contributed by atoms with E-state index in [2.05, 4.69) is 15.9 Å². The number of piperidine rings is 1. The summed E-state index contributed by atoms with van der Waals surface area (Å²) in [5, 5.41) is 0. The molecule has 1 aromatic carbocycles. The molecule has 0 atom stereocenters. The lowest BCUT2D eigenvalue weighted by atomic mass is 10.1. The van der Waals surface area contributed by atoms with E-state index in [1.54, 1.807) is 26.4 Å². The first-order chi connectivity index (χ1) is 9.15. The number of benzene rings is 1. The van der Waals surface area contributed by atoms with Crippen LogP contribution < -0.4 is 4.74 Å². The minimum absolute atomic E-state index is 0.0675. The number of methoxy groups -OCH3 is 2. The van der Waals surface area contributed by atoms with Crippen LogP contribution in [0.5, 0.6) is 5.75 Å². The molecule has 1 aromatic rings. The van der Waals surface area contributed by atoms with E-state index in [0.29, 0.717) is 5.56 Å². The number of carbonyl (C=O) groups excluding carboxylic acids is 1. The lowest BCUT2D eigenvalue weighted by Gasteiger charge is -2.31. The summed E-state index contributed by atoms with van der Waals surface area (Å²) in [6.07, 6.45) is 2.09. The molecule has 0 aliphatic carbocycles. The van der Waals surface area contributed by atoms with Gasteiger partial charge in [0.25, 0.3) is 5.91 Å². The van der Waals surface area contributed by atoms with Crippen molar-refractivity contribution >= 4 is 21.8 Å². The lowest BCUT2D eigenvalue weighted by molar-refractivity contribution is 0.0350. The van der Waals surface area contributed by atoms with Crippen molar-refractivity contribution in [3.8, 4) is 5.75 Å². The van der Waals surface area contributed by atoms with Crippen LogP contribution >= 0.6 is 15.9 Å². The molecule has 1 heterocycles. The van der Waals surface area contributed by atoms with E-state index < -0.39 is 0 Å². The largest absolute Gasteiger partial charge is 0.496 e. The number of hydrogen-bond acceptors (Lipinski definition) is 3. The Bertz CT molecular complexity index is 456. The Labute approximate surface area is 121 Å². The zero-order chi connectivity index (χ0) is 13.8. The normalized spacial score (nSPS) is 16.5. The molecule has 1 aliphatic heterocycles. The van der Waals surface area contributed by atoms with Gasteiger partial charge in [0, 0.05) is 25.8 Å². The molecule has 0 spiro atoms. The van der Waals surface area contributed by atoms with Crippen molar-refractivity contribution in [2.24, 2.45) is 0 Å². The Balaban J connectivity index is 2.06. The van der Waals surface area contributed by atoms with Crippen molar-refractivity contribution in [3.63, 3.8) is 0 Å². The molecule has 0 radical (unpaired) electrons. The van der Waals surface area contributed by atoms with Crippen molar-refractivity contribution in [3.05, 3.63) is 28.2 Å². The fourth-order valence-electron chi connectivity index (χ4n) is 2.28. The highest BCUT2D eigenvalue weighted by molar-refractivity contribution is 9.10. The van der Waals surface area contributed by atoms with E-state index in [1.807, 2.05) is 11.0 Å². The number of likely N-dealkylation sites (tertiary alicyclic amines) is 1. The maximum atomic E-state index is 12.4. The number of halogens is 1. The summed E-state index contributed by atoms with van der Waals surface area (Å²) in [7, 11) is 3.33. The molecule has 0 bridgehead atoms. The molecule has 0 N–H and O–H groups in total. The van der Waals surface area contributed by atoms with Gasteiger partial charge in [0.1, 0.15) is 5.75 Å². The van der Waals surface area contributed by atoms with Crippen LogP contribution in [-0.2, 0) is 4.74 Å². The maximum absolute atomic E-state index is 12.4. The molecule has 5 heteroatoms. The van der Waals surface area contributed by atoms with Gasteiger partial charge in [0.05, 0.1) is 17.7 Å². The van der Waals surface area contributed by atoms with Gasteiger partial charge in [-0.1, -0.05) is 0 Å². The van der Waals surface area contributed by atoms with Crippen molar-refractivity contribution < 1.29 is 14.3 Å². The molecular weight excluding hydrogens is 310 g/mol. The van der Waals surface area contributed by atoms with Gasteiger partial charge in [-0.2, -0.15) is 0 Å². The fourth-order valence-corrected chi connectivity index (χ4v) is 2.82. The standard InChI is InChI=1S/C14H18BrNO3/c1-18-11-5-7-16(8-6-11)14(17)10-3-4-13(19-2)12(15)9-10/h3-4,9,11H,5-8H2,1-2H3. The van der Waals surface area contributed by atoms with Crippen LogP contribution in [0.3, 0.4) is 0 Å². The van der Waals surface area contributed by atoms with E-state index in [9.17, 15) is 4.79 Å². The zero-order valence-electron chi connectivity index (χ0n) is 11.2. The number of carbonyl (C=O) groups is 1. The van der Waals surface area contributed by atoms with Crippen LogP contribution in [0.4, 0.5) is 0 Å². The van der Waals surface area contributed by atoms with Crippen LogP contribution in [0.15, 0.2) is 22.7 Å². The molecule has 0 aromatic heterocycles. The van der Waals surface area contributed by atoms with Crippen LogP contribution in [0.2, 0.25) is 0 Å². The molecular formula is C14H18BrNO3. The second kappa shape index (κ2) is 6.39. The van der Waals surface area contributed by atoms with E-state index >= 15 is 0 Å². The summed E-state index contributed by atoms with van der Waals surface area (Å²) < 4.78 is 11.3. The molecule has 0 saturated carbocycles. The van der Waals surface area contributed by atoms with Crippen molar-refractivity contribution in [1.82, 2.24) is 4.90 Å². The van der Waals surface area contributed by atoms with Gasteiger partial charge in [-0.15, -0.1) is 0 Å². The third-order valence-electron chi connectivity index (χ3n) is 3.46. The topological polar surface area (TPSA) is 38.8 Å². The molecule has 19 heavy (non-hydrogen) atoms. The minimum Gasteiger partial charge on any atom is -0.496 e. The number of ether oxygens (including phenoxy) is 2. The Morgan fingerprint density at radius 1 is 1.32 bits per heavy atom.